The van der Waals surface area contributed by atoms with Crippen LogP contribution in [0, 0.1) is 0 Å². The van der Waals surface area contributed by atoms with Gasteiger partial charge in [-0.25, -0.2) is 0 Å². The van der Waals surface area contributed by atoms with Gasteiger partial charge in [-0.15, -0.1) is 0 Å². The number of nitrogens with one attached hydrogen (secondary N) is 1. The van der Waals surface area contributed by atoms with E-state index in [2.05, 4.69) is 23.5 Å². The largest absolute Gasteiger partial charge is 0.496 e. The second-order valence-corrected chi connectivity index (χ2v) is 6.31. The van der Waals surface area contributed by atoms with Gasteiger partial charge >= 0.3 is 0 Å². The quantitative estimate of drug-likeness (QED) is 0.923. The van der Waals surface area contributed by atoms with Gasteiger partial charge in [-0.05, 0) is 61.8 Å². The molecule has 2 fully saturated rings. The van der Waals surface area contributed by atoms with E-state index in [0.717, 1.165) is 44.8 Å². The molecule has 2 saturated heterocycles. The first-order valence-electron chi connectivity index (χ1n) is 8.35. The lowest BCUT2D eigenvalue weighted by atomic mass is 9.88. The Balaban J connectivity index is 1.75. The van der Waals surface area contributed by atoms with Crippen molar-refractivity contribution in [3.05, 3.63) is 29.3 Å². The number of hydrogen-bond donors (Lipinski definition) is 1. The van der Waals surface area contributed by atoms with E-state index in [1.54, 1.807) is 7.11 Å². The molecule has 2 aliphatic rings. The summed E-state index contributed by atoms with van der Waals surface area (Å²) in [6.45, 7) is 2.96. The topological polar surface area (TPSA) is 30.5 Å². The molecular formula is C18H27NO2. The average Bonchev–Trinajstić information content (AvgIpc) is 2.56. The minimum atomic E-state index is 0.609. The third-order valence-corrected chi connectivity index (χ3v) is 4.88. The van der Waals surface area contributed by atoms with Crippen LogP contribution in [0.5, 0.6) is 5.75 Å². The van der Waals surface area contributed by atoms with Gasteiger partial charge in [0.1, 0.15) is 5.75 Å². The second-order valence-electron chi connectivity index (χ2n) is 6.31. The molecule has 1 N–H and O–H groups in total. The van der Waals surface area contributed by atoms with Crippen LogP contribution in [-0.2, 0) is 11.2 Å². The molecule has 3 heteroatoms. The molecule has 0 aliphatic carbocycles. The van der Waals surface area contributed by atoms with Crippen LogP contribution in [0.25, 0.3) is 0 Å². The van der Waals surface area contributed by atoms with Gasteiger partial charge in [0.25, 0.3) is 0 Å². The van der Waals surface area contributed by atoms with Crippen LogP contribution < -0.4 is 10.1 Å². The van der Waals surface area contributed by atoms with Crippen LogP contribution >= 0.6 is 0 Å². The van der Waals surface area contributed by atoms with E-state index in [0.29, 0.717) is 12.0 Å². The smallest absolute Gasteiger partial charge is 0.122 e. The van der Waals surface area contributed by atoms with Gasteiger partial charge < -0.3 is 14.8 Å². The lowest BCUT2D eigenvalue weighted by Crippen LogP contribution is -2.35. The summed E-state index contributed by atoms with van der Waals surface area (Å²) in [4.78, 5) is 0. The minimum Gasteiger partial charge on any atom is -0.496 e. The summed E-state index contributed by atoms with van der Waals surface area (Å²) in [6.07, 6.45) is 7.32. The standard InChI is InChI=1S/C18H27NO2/c1-20-18-6-5-15(14-7-10-21-11-8-14)12-16(18)13-17-4-2-3-9-19-17/h5-6,12,14,17,19H,2-4,7-11,13H2,1H3. The molecule has 0 spiro atoms. The summed E-state index contributed by atoms with van der Waals surface area (Å²) in [7, 11) is 1.78. The summed E-state index contributed by atoms with van der Waals surface area (Å²) in [5.41, 5.74) is 2.82. The van der Waals surface area contributed by atoms with Crippen molar-refractivity contribution in [2.45, 2.75) is 50.5 Å². The average molecular weight is 289 g/mol. The van der Waals surface area contributed by atoms with Crippen LogP contribution in [0.3, 0.4) is 0 Å². The highest BCUT2D eigenvalue weighted by Gasteiger charge is 2.19. The Morgan fingerprint density at radius 1 is 1.19 bits per heavy atom. The Morgan fingerprint density at radius 2 is 2.05 bits per heavy atom. The van der Waals surface area contributed by atoms with Crippen LogP contribution in [0.15, 0.2) is 18.2 Å². The van der Waals surface area contributed by atoms with E-state index in [1.807, 2.05) is 0 Å². The summed E-state index contributed by atoms with van der Waals surface area (Å²) in [5.74, 6) is 1.70. The van der Waals surface area contributed by atoms with Crippen molar-refractivity contribution in [1.82, 2.24) is 5.32 Å². The summed E-state index contributed by atoms with van der Waals surface area (Å²) < 4.78 is 11.1. The first-order valence-corrected chi connectivity index (χ1v) is 8.35. The predicted octanol–water partition coefficient (Wildman–Crippen LogP) is 3.27. The third kappa shape index (κ3) is 3.78. The summed E-state index contributed by atoms with van der Waals surface area (Å²) in [6, 6.07) is 7.39. The van der Waals surface area contributed by atoms with Gasteiger partial charge in [-0.3, -0.25) is 0 Å². The Morgan fingerprint density at radius 3 is 2.76 bits per heavy atom. The lowest BCUT2D eigenvalue weighted by molar-refractivity contribution is 0.0853. The monoisotopic (exact) mass is 289 g/mol. The van der Waals surface area contributed by atoms with Crippen LogP contribution in [0.1, 0.15) is 49.1 Å². The Bertz CT molecular complexity index is 449. The van der Waals surface area contributed by atoms with E-state index in [1.165, 1.54) is 30.4 Å². The third-order valence-electron chi connectivity index (χ3n) is 4.88. The van der Waals surface area contributed by atoms with Crippen molar-refractivity contribution >= 4 is 0 Å². The fourth-order valence-corrected chi connectivity index (χ4v) is 3.61. The molecule has 1 aromatic rings. The Labute approximate surface area is 128 Å². The molecule has 0 bridgehead atoms. The molecule has 0 aromatic heterocycles. The minimum absolute atomic E-state index is 0.609. The van der Waals surface area contributed by atoms with Gasteiger partial charge in [-0.2, -0.15) is 0 Å². The van der Waals surface area contributed by atoms with Gasteiger partial charge in [-0.1, -0.05) is 18.6 Å². The van der Waals surface area contributed by atoms with Crippen molar-refractivity contribution in [2.75, 3.05) is 26.9 Å². The van der Waals surface area contributed by atoms with E-state index in [9.17, 15) is 0 Å². The molecule has 3 rings (SSSR count). The molecule has 0 radical (unpaired) electrons. The Hall–Kier alpha value is -1.06. The number of methoxy groups -OCH3 is 1. The van der Waals surface area contributed by atoms with E-state index >= 15 is 0 Å². The SMILES string of the molecule is COc1ccc(C2CCOCC2)cc1CC1CCCCN1. The number of piperidine rings is 1. The molecule has 116 valence electrons. The van der Waals surface area contributed by atoms with Gasteiger partial charge in [0.15, 0.2) is 0 Å². The van der Waals surface area contributed by atoms with Gasteiger partial charge in [0, 0.05) is 19.3 Å². The molecule has 2 heterocycles. The molecule has 1 unspecified atom stereocenters. The first-order chi connectivity index (χ1) is 10.4. The highest BCUT2D eigenvalue weighted by Crippen LogP contribution is 2.31. The maximum Gasteiger partial charge on any atom is 0.122 e. The molecule has 1 aromatic carbocycles. The Kier molecular flexibility index (Phi) is 5.15. The maximum absolute atomic E-state index is 5.58. The number of benzene rings is 1. The summed E-state index contributed by atoms with van der Waals surface area (Å²) in [5, 5.41) is 3.64. The number of ether oxygens (including phenoxy) is 2. The van der Waals surface area contributed by atoms with E-state index < -0.39 is 0 Å². The van der Waals surface area contributed by atoms with Gasteiger partial charge in [0.2, 0.25) is 0 Å². The first kappa shape index (κ1) is 14.9. The fraction of sp³-hybridized carbons (Fsp3) is 0.667. The van der Waals surface area contributed by atoms with Crippen molar-refractivity contribution < 1.29 is 9.47 Å². The highest BCUT2D eigenvalue weighted by atomic mass is 16.5. The molecule has 21 heavy (non-hydrogen) atoms. The van der Waals surface area contributed by atoms with Crippen molar-refractivity contribution in [3.8, 4) is 5.75 Å². The molecule has 2 aliphatic heterocycles. The highest BCUT2D eigenvalue weighted by molar-refractivity contribution is 5.39. The normalized spacial score (nSPS) is 24.0. The van der Waals surface area contributed by atoms with E-state index in [4.69, 9.17) is 9.47 Å². The zero-order chi connectivity index (χ0) is 14.5. The van der Waals surface area contributed by atoms with Crippen LogP contribution in [0.2, 0.25) is 0 Å². The molecular weight excluding hydrogens is 262 g/mol. The number of hydrogen-bond acceptors (Lipinski definition) is 3. The van der Waals surface area contributed by atoms with E-state index in [-0.39, 0.29) is 0 Å². The number of rotatable bonds is 4. The zero-order valence-corrected chi connectivity index (χ0v) is 13.1. The van der Waals surface area contributed by atoms with Crippen LogP contribution in [-0.4, -0.2) is 32.9 Å². The molecule has 1 atom stereocenters. The second kappa shape index (κ2) is 7.28. The van der Waals surface area contributed by atoms with Crippen molar-refractivity contribution in [2.24, 2.45) is 0 Å². The molecule has 0 amide bonds. The zero-order valence-electron chi connectivity index (χ0n) is 13.1. The molecule has 0 saturated carbocycles. The van der Waals surface area contributed by atoms with Crippen LogP contribution in [0.4, 0.5) is 0 Å². The van der Waals surface area contributed by atoms with Crippen molar-refractivity contribution in [3.63, 3.8) is 0 Å². The fourth-order valence-electron chi connectivity index (χ4n) is 3.61. The van der Waals surface area contributed by atoms with Gasteiger partial charge in [0.05, 0.1) is 7.11 Å². The maximum atomic E-state index is 5.58. The molecule has 3 nitrogen and oxygen atoms in total. The summed E-state index contributed by atoms with van der Waals surface area (Å²) >= 11 is 0. The lowest BCUT2D eigenvalue weighted by Gasteiger charge is -2.26. The predicted molar refractivity (Wildman–Crippen MR) is 85.1 cm³/mol. The van der Waals surface area contributed by atoms with Crippen molar-refractivity contribution in [1.29, 1.82) is 0 Å².